The van der Waals surface area contributed by atoms with Gasteiger partial charge in [-0.05, 0) is 46.0 Å². The minimum Gasteiger partial charge on any atom is -0.591 e. The lowest BCUT2D eigenvalue weighted by atomic mass is 10.3. The monoisotopic (exact) mass is 187 g/mol. The van der Waals surface area contributed by atoms with Crippen molar-refractivity contribution in [3.63, 3.8) is 0 Å². The first-order valence-electron chi connectivity index (χ1n) is 4.44. The van der Waals surface area contributed by atoms with Gasteiger partial charge in [0, 0.05) is 0 Å². The molecule has 1 fully saturated rings. The summed E-state index contributed by atoms with van der Waals surface area (Å²) in [5, 5.41) is 0. The second-order valence-corrected chi connectivity index (χ2v) is 6.26. The summed E-state index contributed by atoms with van der Waals surface area (Å²) in [6.07, 6.45) is 5.50. The van der Waals surface area contributed by atoms with Crippen LogP contribution in [0, 0.1) is 5.92 Å². The molecule has 70 valence electrons. The molecule has 3 heteroatoms. The third-order valence-corrected chi connectivity index (χ3v) is 3.22. The molecule has 0 aromatic carbocycles. The summed E-state index contributed by atoms with van der Waals surface area (Å²) in [5.41, 5.74) is 0. The van der Waals surface area contributed by atoms with E-state index in [4.69, 9.17) is 0 Å². The molecule has 12 heavy (non-hydrogen) atoms. The lowest BCUT2D eigenvalue weighted by Crippen LogP contribution is -2.25. The molecule has 0 bridgehead atoms. The molecule has 1 unspecified atom stereocenters. The van der Waals surface area contributed by atoms with E-state index in [-0.39, 0.29) is 4.75 Å². The Morgan fingerprint density at radius 3 is 2.50 bits per heavy atom. The van der Waals surface area contributed by atoms with Crippen LogP contribution >= 0.6 is 0 Å². The first kappa shape index (κ1) is 10.1. The maximum Gasteiger partial charge on any atom is 0.144 e. The number of hydrogen-bond donors (Lipinski definition) is 0. The predicted octanol–water partition coefficient (Wildman–Crippen LogP) is 2.32. The molecule has 0 amide bonds. The third kappa shape index (κ3) is 3.59. The van der Waals surface area contributed by atoms with Crippen LogP contribution in [0.3, 0.4) is 0 Å². The van der Waals surface area contributed by atoms with Gasteiger partial charge in [-0.25, -0.2) is 0 Å². The molecule has 0 aromatic heterocycles. The molecule has 0 aliphatic heterocycles. The van der Waals surface area contributed by atoms with Crippen molar-refractivity contribution in [2.45, 2.75) is 44.8 Å². The Hall–Kier alpha value is -0.0200. The van der Waals surface area contributed by atoms with E-state index < -0.39 is 11.4 Å². The molecule has 1 saturated carbocycles. The van der Waals surface area contributed by atoms with Crippen LogP contribution in [0.25, 0.3) is 0 Å². The zero-order chi connectivity index (χ0) is 9.19. The van der Waals surface area contributed by atoms with E-state index in [2.05, 4.69) is 4.40 Å². The second kappa shape index (κ2) is 3.79. The lowest BCUT2D eigenvalue weighted by Gasteiger charge is -2.17. The van der Waals surface area contributed by atoms with Crippen molar-refractivity contribution in [1.29, 1.82) is 0 Å². The first-order valence-corrected chi connectivity index (χ1v) is 5.55. The van der Waals surface area contributed by atoms with Crippen molar-refractivity contribution in [3.8, 4) is 0 Å². The highest BCUT2D eigenvalue weighted by atomic mass is 32.2. The maximum atomic E-state index is 11.4. The maximum absolute atomic E-state index is 11.4. The molecule has 1 aliphatic carbocycles. The van der Waals surface area contributed by atoms with Crippen molar-refractivity contribution in [1.82, 2.24) is 0 Å². The summed E-state index contributed by atoms with van der Waals surface area (Å²) in [4.78, 5) is 0. The van der Waals surface area contributed by atoms with Gasteiger partial charge in [0.15, 0.2) is 0 Å². The van der Waals surface area contributed by atoms with E-state index in [1.54, 1.807) is 0 Å². The highest BCUT2D eigenvalue weighted by molar-refractivity contribution is 7.91. The number of nitrogens with zero attached hydrogens (tertiary/aromatic N) is 1. The molecule has 1 aliphatic rings. The van der Waals surface area contributed by atoms with Gasteiger partial charge >= 0.3 is 0 Å². The molecule has 1 atom stereocenters. The van der Waals surface area contributed by atoms with Gasteiger partial charge in [0.25, 0.3) is 0 Å². The Bertz CT molecular complexity index is 170. The predicted molar refractivity (Wildman–Crippen MR) is 53.7 cm³/mol. The van der Waals surface area contributed by atoms with Crippen molar-refractivity contribution >= 4 is 17.6 Å². The van der Waals surface area contributed by atoms with E-state index in [0.717, 1.165) is 12.3 Å². The molecular formula is C9H17NOS. The van der Waals surface area contributed by atoms with E-state index >= 15 is 0 Å². The number of rotatable bonds is 3. The van der Waals surface area contributed by atoms with Gasteiger partial charge < -0.3 is 4.55 Å². The summed E-state index contributed by atoms with van der Waals surface area (Å²) < 4.78 is 15.2. The minimum atomic E-state index is -1.06. The smallest absolute Gasteiger partial charge is 0.144 e. The largest absolute Gasteiger partial charge is 0.591 e. The average Bonchev–Trinajstić information content (AvgIpc) is 2.69. The SMILES string of the molecule is CC(C)(C)[S+]([O-])N=CCC1CC1. The Morgan fingerprint density at radius 1 is 1.50 bits per heavy atom. The summed E-state index contributed by atoms with van der Waals surface area (Å²) in [6, 6.07) is 0. The summed E-state index contributed by atoms with van der Waals surface area (Å²) >= 11 is -1.06. The Morgan fingerprint density at radius 2 is 2.08 bits per heavy atom. The lowest BCUT2D eigenvalue weighted by molar-refractivity contribution is 0.561. The van der Waals surface area contributed by atoms with Gasteiger partial charge in [0.2, 0.25) is 0 Å². The Kier molecular flexibility index (Phi) is 3.18. The van der Waals surface area contributed by atoms with Crippen LogP contribution in [0.4, 0.5) is 0 Å². The van der Waals surface area contributed by atoms with Gasteiger partial charge in [-0.1, -0.05) is 4.40 Å². The van der Waals surface area contributed by atoms with Crippen LogP contribution < -0.4 is 0 Å². The van der Waals surface area contributed by atoms with Crippen LogP contribution in [0.5, 0.6) is 0 Å². The molecule has 0 N–H and O–H groups in total. The summed E-state index contributed by atoms with van der Waals surface area (Å²) in [5.74, 6) is 0.839. The minimum absolute atomic E-state index is 0.208. The molecule has 0 heterocycles. The molecule has 0 saturated heterocycles. The third-order valence-electron chi connectivity index (χ3n) is 1.83. The molecule has 0 radical (unpaired) electrons. The van der Waals surface area contributed by atoms with Gasteiger partial charge in [-0.2, -0.15) is 0 Å². The summed E-state index contributed by atoms with van der Waals surface area (Å²) in [6.45, 7) is 5.83. The Labute approximate surface area is 77.8 Å². The van der Waals surface area contributed by atoms with Crippen LogP contribution in [0.2, 0.25) is 0 Å². The van der Waals surface area contributed by atoms with Crippen molar-refractivity contribution in [3.05, 3.63) is 0 Å². The molecule has 0 spiro atoms. The first-order chi connectivity index (χ1) is 5.50. The molecule has 0 aromatic rings. The average molecular weight is 187 g/mol. The molecular weight excluding hydrogens is 170 g/mol. The van der Waals surface area contributed by atoms with E-state index in [1.807, 2.05) is 27.0 Å². The van der Waals surface area contributed by atoms with Gasteiger partial charge in [0.1, 0.15) is 16.1 Å². The zero-order valence-corrected chi connectivity index (χ0v) is 8.86. The van der Waals surface area contributed by atoms with Crippen LogP contribution in [0.15, 0.2) is 4.40 Å². The van der Waals surface area contributed by atoms with Crippen molar-refractivity contribution in [2.75, 3.05) is 0 Å². The second-order valence-electron chi connectivity index (χ2n) is 4.33. The van der Waals surface area contributed by atoms with Crippen LogP contribution in [-0.2, 0) is 11.4 Å². The quantitative estimate of drug-likeness (QED) is 0.493. The fourth-order valence-electron chi connectivity index (χ4n) is 0.771. The van der Waals surface area contributed by atoms with Crippen LogP contribution in [0.1, 0.15) is 40.0 Å². The Balaban J connectivity index is 2.23. The fourth-order valence-corrected chi connectivity index (χ4v) is 1.31. The van der Waals surface area contributed by atoms with Crippen LogP contribution in [-0.4, -0.2) is 15.5 Å². The van der Waals surface area contributed by atoms with Gasteiger partial charge in [-0.15, -0.1) is 0 Å². The standard InChI is InChI=1S/C9H17NOS/c1-9(2,3)12(11)10-7-6-8-4-5-8/h7-8H,4-6H2,1-3H3. The topological polar surface area (TPSA) is 35.4 Å². The molecule has 2 nitrogen and oxygen atoms in total. The fraction of sp³-hybridized carbons (Fsp3) is 0.889. The summed E-state index contributed by atoms with van der Waals surface area (Å²) in [7, 11) is 0. The van der Waals surface area contributed by atoms with E-state index in [0.29, 0.717) is 0 Å². The van der Waals surface area contributed by atoms with E-state index in [1.165, 1.54) is 12.8 Å². The van der Waals surface area contributed by atoms with Gasteiger partial charge in [0.05, 0.1) is 6.21 Å². The molecule has 1 rings (SSSR count). The highest BCUT2D eigenvalue weighted by Gasteiger charge is 2.26. The normalized spacial score (nSPS) is 21.7. The van der Waals surface area contributed by atoms with Gasteiger partial charge in [-0.3, -0.25) is 0 Å². The highest BCUT2D eigenvalue weighted by Crippen LogP contribution is 2.31. The van der Waals surface area contributed by atoms with Crippen molar-refractivity contribution < 1.29 is 4.55 Å². The van der Waals surface area contributed by atoms with Crippen molar-refractivity contribution in [2.24, 2.45) is 10.3 Å². The zero-order valence-electron chi connectivity index (χ0n) is 8.04. The number of hydrogen-bond acceptors (Lipinski definition) is 2. The van der Waals surface area contributed by atoms with E-state index in [9.17, 15) is 4.55 Å².